The van der Waals surface area contributed by atoms with Crippen LogP contribution in [0.1, 0.15) is 29.6 Å². The highest BCUT2D eigenvalue weighted by atomic mass is 16.6. The quantitative estimate of drug-likeness (QED) is 0.847. The molecule has 2 bridgehead atoms. The van der Waals surface area contributed by atoms with Crippen molar-refractivity contribution < 1.29 is 14.3 Å². The normalized spacial score (nSPS) is 30.3. The summed E-state index contributed by atoms with van der Waals surface area (Å²) in [7, 11) is 0. The van der Waals surface area contributed by atoms with E-state index in [0.717, 1.165) is 18.6 Å². The number of benzene rings is 1. The number of nitrogens with one attached hydrogen (secondary N) is 2. The molecule has 3 atom stereocenters. The van der Waals surface area contributed by atoms with E-state index < -0.39 is 0 Å². The molecule has 0 unspecified atom stereocenters. The van der Waals surface area contributed by atoms with Crippen molar-refractivity contribution in [2.24, 2.45) is 0 Å². The van der Waals surface area contributed by atoms with Gasteiger partial charge in [0.05, 0.1) is 0 Å². The van der Waals surface area contributed by atoms with Gasteiger partial charge in [-0.1, -0.05) is 0 Å². The molecule has 2 N–H and O–H groups in total. The molecule has 0 aromatic heterocycles. The van der Waals surface area contributed by atoms with Gasteiger partial charge in [0.15, 0.2) is 11.5 Å². The molecule has 2 fully saturated rings. The summed E-state index contributed by atoms with van der Waals surface area (Å²) in [5.41, 5.74) is 0.636. The third-order valence-electron chi connectivity index (χ3n) is 4.42. The molecule has 1 amide bonds. The van der Waals surface area contributed by atoms with E-state index in [-0.39, 0.29) is 11.9 Å². The Hall–Kier alpha value is -1.75. The molecule has 0 aliphatic carbocycles. The largest absolute Gasteiger partial charge is 0.486 e. The van der Waals surface area contributed by atoms with Crippen molar-refractivity contribution in [1.29, 1.82) is 0 Å². The van der Waals surface area contributed by atoms with Crippen LogP contribution in [0.4, 0.5) is 0 Å². The zero-order valence-corrected chi connectivity index (χ0v) is 11.2. The second-order valence-corrected chi connectivity index (χ2v) is 5.72. The van der Waals surface area contributed by atoms with Crippen LogP contribution < -0.4 is 20.1 Å². The lowest BCUT2D eigenvalue weighted by Crippen LogP contribution is -2.42. The molecule has 0 radical (unpaired) electrons. The van der Waals surface area contributed by atoms with E-state index >= 15 is 0 Å². The Morgan fingerprint density at radius 2 is 2.05 bits per heavy atom. The van der Waals surface area contributed by atoms with E-state index in [4.69, 9.17) is 9.47 Å². The van der Waals surface area contributed by atoms with Crippen LogP contribution >= 0.6 is 0 Å². The lowest BCUT2D eigenvalue weighted by atomic mass is 9.95. The molecule has 106 valence electrons. The molecule has 1 aromatic carbocycles. The number of ether oxygens (including phenoxy) is 2. The molecular weight excluding hydrogens is 256 g/mol. The van der Waals surface area contributed by atoms with Crippen molar-refractivity contribution in [3.05, 3.63) is 23.8 Å². The van der Waals surface area contributed by atoms with Gasteiger partial charge in [0.1, 0.15) is 13.2 Å². The number of carbonyl (C=O) groups excluding carboxylic acids is 1. The number of fused-ring (bicyclic) bond motifs is 3. The van der Waals surface area contributed by atoms with Gasteiger partial charge in [-0.05, 0) is 37.5 Å². The lowest BCUT2D eigenvalue weighted by molar-refractivity contribution is 0.0929. The van der Waals surface area contributed by atoms with Gasteiger partial charge in [-0.25, -0.2) is 0 Å². The topological polar surface area (TPSA) is 59.6 Å². The highest BCUT2D eigenvalue weighted by Crippen LogP contribution is 2.31. The minimum absolute atomic E-state index is 0.0266. The van der Waals surface area contributed by atoms with Crippen molar-refractivity contribution in [1.82, 2.24) is 10.6 Å². The van der Waals surface area contributed by atoms with E-state index in [1.807, 2.05) is 6.07 Å². The molecule has 5 nitrogen and oxygen atoms in total. The SMILES string of the molecule is O=C(N[C@@H]1C[C@H]2CC[C@@H]1N2)c1ccc2c(c1)OCCO2. The zero-order valence-electron chi connectivity index (χ0n) is 11.2. The average Bonchev–Trinajstić information content (AvgIpc) is 3.09. The molecule has 0 spiro atoms. The van der Waals surface area contributed by atoms with Crippen LogP contribution in [0.25, 0.3) is 0 Å². The predicted octanol–water partition coefficient (Wildman–Crippen LogP) is 1.08. The fourth-order valence-electron chi connectivity index (χ4n) is 3.42. The molecule has 3 aliphatic heterocycles. The number of amides is 1. The molecular formula is C15H18N2O3. The number of hydrogen-bond donors (Lipinski definition) is 2. The standard InChI is InChI=1S/C15H18N2O3/c18-15(17-12-8-10-2-3-11(12)16-10)9-1-4-13-14(7-9)20-6-5-19-13/h1,4,7,10-12,16H,2-3,5-6,8H2,(H,17,18)/t10-,11+,12-/m1/s1. The summed E-state index contributed by atoms with van der Waals surface area (Å²) < 4.78 is 11.0. The molecule has 4 rings (SSSR count). The van der Waals surface area contributed by atoms with Crippen molar-refractivity contribution >= 4 is 5.91 Å². The predicted molar refractivity (Wildman–Crippen MR) is 73.2 cm³/mol. The third kappa shape index (κ3) is 2.02. The molecule has 3 heterocycles. The third-order valence-corrected chi connectivity index (χ3v) is 4.42. The van der Waals surface area contributed by atoms with Crippen LogP contribution in [0.2, 0.25) is 0 Å². The summed E-state index contributed by atoms with van der Waals surface area (Å²) in [5.74, 6) is 1.35. The Bertz CT molecular complexity index is 546. The van der Waals surface area contributed by atoms with Gasteiger partial charge in [-0.15, -0.1) is 0 Å². The Labute approximate surface area is 117 Å². The van der Waals surface area contributed by atoms with E-state index in [1.165, 1.54) is 6.42 Å². The van der Waals surface area contributed by atoms with Crippen molar-refractivity contribution in [3.8, 4) is 11.5 Å². The Balaban J connectivity index is 1.48. The monoisotopic (exact) mass is 274 g/mol. The van der Waals surface area contributed by atoms with Crippen molar-refractivity contribution in [2.75, 3.05) is 13.2 Å². The minimum Gasteiger partial charge on any atom is -0.486 e. The average molecular weight is 274 g/mol. The van der Waals surface area contributed by atoms with Crippen molar-refractivity contribution in [3.63, 3.8) is 0 Å². The highest BCUT2D eigenvalue weighted by Gasteiger charge is 2.39. The molecule has 0 saturated carbocycles. The van der Waals surface area contributed by atoms with Gasteiger partial charge in [-0.3, -0.25) is 4.79 Å². The molecule has 1 aromatic rings. The number of hydrogen-bond acceptors (Lipinski definition) is 4. The zero-order chi connectivity index (χ0) is 13.5. The molecule has 5 heteroatoms. The molecule has 3 aliphatic rings. The maximum Gasteiger partial charge on any atom is 0.251 e. The molecule has 20 heavy (non-hydrogen) atoms. The highest BCUT2D eigenvalue weighted by molar-refractivity contribution is 5.95. The number of rotatable bonds is 2. The van der Waals surface area contributed by atoms with Crippen LogP contribution in [0, 0.1) is 0 Å². The Morgan fingerprint density at radius 3 is 2.80 bits per heavy atom. The van der Waals surface area contributed by atoms with Crippen LogP contribution in [-0.2, 0) is 0 Å². The van der Waals surface area contributed by atoms with Crippen LogP contribution in [0.5, 0.6) is 11.5 Å². The summed E-state index contributed by atoms with van der Waals surface area (Å²) in [5, 5.41) is 6.66. The minimum atomic E-state index is -0.0266. The van der Waals surface area contributed by atoms with Crippen LogP contribution in [0.15, 0.2) is 18.2 Å². The first-order valence-electron chi connectivity index (χ1n) is 7.26. The van der Waals surface area contributed by atoms with E-state index in [1.54, 1.807) is 12.1 Å². The first kappa shape index (κ1) is 12.0. The van der Waals surface area contributed by atoms with E-state index in [0.29, 0.717) is 36.6 Å². The van der Waals surface area contributed by atoms with Crippen LogP contribution in [-0.4, -0.2) is 37.2 Å². The summed E-state index contributed by atoms with van der Waals surface area (Å²) in [6.07, 6.45) is 3.44. The molecule has 2 saturated heterocycles. The van der Waals surface area contributed by atoms with Gasteiger partial charge < -0.3 is 20.1 Å². The number of carbonyl (C=O) groups is 1. The second kappa shape index (κ2) is 4.66. The van der Waals surface area contributed by atoms with Gasteiger partial charge in [0, 0.05) is 23.7 Å². The van der Waals surface area contributed by atoms with Gasteiger partial charge in [0.25, 0.3) is 5.91 Å². The summed E-state index contributed by atoms with van der Waals surface area (Å²) in [6.45, 7) is 1.10. The fourth-order valence-corrected chi connectivity index (χ4v) is 3.42. The van der Waals surface area contributed by atoms with Crippen LogP contribution in [0.3, 0.4) is 0 Å². The Morgan fingerprint density at radius 1 is 1.20 bits per heavy atom. The lowest BCUT2D eigenvalue weighted by Gasteiger charge is -2.22. The van der Waals surface area contributed by atoms with Crippen molar-refractivity contribution in [2.45, 2.75) is 37.4 Å². The smallest absolute Gasteiger partial charge is 0.251 e. The fraction of sp³-hybridized carbons (Fsp3) is 0.533. The first-order valence-corrected chi connectivity index (χ1v) is 7.26. The first-order chi connectivity index (χ1) is 9.79. The summed E-state index contributed by atoms with van der Waals surface area (Å²) in [6, 6.07) is 6.66. The van der Waals surface area contributed by atoms with E-state index in [9.17, 15) is 4.79 Å². The van der Waals surface area contributed by atoms with Gasteiger partial charge in [-0.2, -0.15) is 0 Å². The van der Waals surface area contributed by atoms with Gasteiger partial charge >= 0.3 is 0 Å². The Kier molecular flexibility index (Phi) is 2.80. The second-order valence-electron chi connectivity index (χ2n) is 5.72. The maximum atomic E-state index is 12.3. The summed E-state index contributed by atoms with van der Waals surface area (Å²) >= 11 is 0. The summed E-state index contributed by atoms with van der Waals surface area (Å²) in [4.78, 5) is 12.3. The van der Waals surface area contributed by atoms with E-state index in [2.05, 4.69) is 10.6 Å². The van der Waals surface area contributed by atoms with Gasteiger partial charge in [0.2, 0.25) is 0 Å². The maximum absolute atomic E-state index is 12.3.